The number of ether oxygens (including phenoxy) is 1. The number of rotatable bonds is 5. The van der Waals surface area contributed by atoms with Crippen molar-refractivity contribution in [3.63, 3.8) is 0 Å². The van der Waals surface area contributed by atoms with Crippen molar-refractivity contribution >= 4 is 23.3 Å². The van der Waals surface area contributed by atoms with Gasteiger partial charge in [-0.1, -0.05) is 47.1 Å². The number of anilines is 1. The van der Waals surface area contributed by atoms with E-state index in [2.05, 4.69) is 5.16 Å². The summed E-state index contributed by atoms with van der Waals surface area (Å²) in [5.41, 5.74) is 2.10. The van der Waals surface area contributed by atoms with Gasteiger partial charge in [0, 0.05) is 11.6 Å². The van der Waals surface area contributed by atoms with Crippen molar-refractivity contribution in [3.8, 4) is 5.75 Å². The van der Waals surface area contributed by atoms with Crippen molar-refractivity contribution < 1.29 is 24.0 Å². The van der Waals surface area contributed by atoms with Crippen molar-refractivity contribution in [2.75, 3.05) is 4.90 Å². The largest absolute Gasteiger partial charge is 0.507 e. The average Bonchev–Trinajstić information content (AvgIpc) is 3.29. The molecule has 0 bridgehead atoms. The van der Waals surface area contributed by atoms with E-state index in [1.165, 1.54) is 4.90 Å². The van der Waals surface area contributed by atoms with Crippen LogP contribution in [0.25, 0.3) is 5.76 Å². The van der Waals surface area contributed by atoms with E-state index in [0.717, 1.165) is 5.56 Å². The Labute approximate surface area is 185 Å². The third-order valence-electron chi connectivity index (χ3n) is 5.20. The number of aliphatic hydroxyl groups excluding tert-OH is 1. The smallest absolute Gasteiger partial charge is 0.301 e. The number of hydrogen-bond donors (Lipinski definition) is 1. The summed E-state index contributed by atoms with van der Waals surface area (Å²) in [7, 11) is 0. The van der Waals surface area contributed by atoms with Crippen LogP contribution in [0.15, 0.2) is 64.7 Å². The number of aliphatic hydroxyl groups is 1. The number of Topliss-reactive ketones (excluding diaryl/α,β-unsaturated/α-hetero) is 1. The third kappa shape index (κ3) is 3.89. The maximum Gasteiger partial charge on any atom is 0.301 e. The summed E-state index contributed by atoms with van der Waals surface area (Å²) in [5, 5.41) is 15.0. The van der Waals surface area contributed by atoms with Crippen molar-refractivity contribution in [1.82, 2.24) is 5.16 Å². The number of hydrogen-bond acceptors (Lipinski definition) is 6. The van der Waals surface area contributed by atoms with Gasteiger partial charge >= 0.3 is 5.91 Å². The number of ketones is 1. The number of aromatic nitrogens is 1. The van der Waals surface area contributed by atoms with Crippen LogP contribution in [0.2, 0.25) is 0 Å². The summed E-state index contributed by atoms with van der Waals surface area (Å²) >= 11 is 0. The molecule has 3 aromatic rings. The summed E-state index contributed by atoms with van der Waals surface area (Å²) in [6.07, 6.45) is 0.00567. The molecule has 2 heterocycles. The van der Waals surface area contributed by atoms with E-state index >= 15 is 0 Å². The quantitative estimate of drug-likeness (QED) is 0.357. The van der Waals surface area contributed by atoms with Crippen LogP contribution in [-0.4, -0.2) is 28.1 Å². The zero-order valence-electron chi connectivity index (χ0n) is 18.3. The Morgan fingerprint density at radius 3 is 2.28 bits per heavy atom. The fraction of sp³-hybridized carbons (Fsp3) is 0.240. The second kappa shape index (κ2) is 8.34. The van der Waals surface area contributed by atoms with Crippen LogP contribution in [0, 0.1) is 13.8 Å². The molecule has 2 aromatic carbocycles. The van der Waals surface area contributed by atoms with E-state index in [0.29, 0.717) is 22.6 Å². The van der Waals surface area contributed by atoms with Gasteiger partial charge in [-0.25, -0.2) is 0 Å². The molecule has 1 aromatic heterocycles. The molecule has 7 heteroatoms. The molecule has 1 amide bonds. The number of carbonyl (C=O) groups excluding carboxylic acids is 2. The molecule has 32 heavy (non-hydrogen) atoms. The summed E-state index contributed by atoms with van der Waals surface area (Å²) < 4.78 is 10.9. The standard InChI is InChI=1S/C25H24N2O5/c1-14(2)31-19-11-9-17(10-12-19)22-21(23(28)18-7-5-15(3)6-8-18)24(29)25(30)27(22)20-13-16(4)32-26-20/h5-14,22,28H,1-4H3/t22-/m0/s1. The maximum atomic E-state index is 13.1. The number of benzene rings is 2. The summed E-state index contributed by atoms with van der Waals surface area (Å²) in [5.74, 6) is -0.425. The van der Waals surface area contributed by atoms with Gasteiger partial charge in [-0.05, 0) is 45.4 Å². The van der Waals surface area contributed by atoms with Gasteiger partial charge < -0.3 is 14.4 Å². The fourth-order valence-corrected chi connectivity index (χ4v) is 3.72. The molecule has 7 nitrogen and oxygen atoms in total. The summed E-state index contributed by atoms with van der Waals surface area (Å²) in [6, 6.07) is 14.9. The maximum absolute atomic E-state index is 13.1. The van der Waals surface area contributed by atoms with Crippen molar-refractivity contribution in [3.05, 3.63) is 82.6 Å². The Balaban J connectivity index is 1.87. The van der Waals surface area contributed by atoms with E-state index in [-0.39, 0.29) is 23.3 Å². The second-order valence-corrected chi connectivity index (χ2v) is 8.07. The lowest BCUT2D eigenvalue weighted by Gasteiger charge is -2.23. The molecule has 0 spiro atoms. The zero-order valence-corrected chi connectivity index (χ0v) is 18.3. The normalized spacial score (nSPS) is 17.9. The number of nitrogens with zero attached hydrogens (tertiary/aromatic N) is 2. The summed E-state index contributed by atoms with van der Waals surface area (Å²) in [6.45, 7) is 7.48. The molecule has 1 fully saturated rings. The van der Waals surface area contributed by atoms with Gasteiger partial charge in [0.15, 0.2) is 5.82 Å². The van der Waals surface area contributed by atoms with Crippen LogP contribution >= 0.6 is 0 Å². The Hall–Kier alpha value is -3.87. The first-order chi connectivity index (χ1) is 15.3. The molecule has 1 N–H and O–H groups in total. The number of carbonyl (C=O) groups is 2. The molecule has 1 aliphatic heterocycles. The van der Waals surface area contributed by atoms with Gasteiger partial charge in [-0.3, -0.25) is 14.5 Å². The molecule has 1 saturated heterocycles. The molecule has 0 unspecified atom stereocenters. The highest BCUT2D eigenvalue weighted by atomic mass is 16.5. The molecule has 0 saturated carbocycles. The first kappa shape index (κ1) is 21.4. The van der Waals surface area contributed by atoms with E-state index in [1.807, 2.05) is 32.9 Å². The van der Waals surface area contributed by atoms with E-state index in [9.17, 15) is 14.7 Å². The first-order valence-electron chi connectivity index (χ1n) is 10.3. The Morgan fingerprint density at radius 2 is 1.72 bits per heavy atom. The predicted octanol–water partition coefficient (Wildman–Crippen LogP) is 4.70. The molecular weight excluding hydrogens is 408 g/mol. The topological polar surface area (TPSA) is 92.9 Å². The second-order valence-electron chi connectivity index (χ2n) is 8.07. The highest BCUT2D eigenvalue weighted by Gasteiger charge is 2.48. The number of aryl methyl sites for hydroxylation is 2. The molecule has 1 atom stereocenters. The molecule has 1 aliphatic rings. The van der Waals surface area contributed by atoms with Gasteiger partial charge in [0.05, 0.1) is 17.7 Å². The number of amides is 1. The Kier molecular flexibility index (Phi) is 5.57. The highest BCUT2D eigenvalue weighted by molar-refractivity contribution is 6.51. The monoisotopic (exact) mass is 432 g/mol. The van der Waals surface area contributed by atoms with Crippen LogP contribution < -0.4 is 9.64 Å². The highest BCUT2D eigenvalue weighted by Crippen LogP contribution is 2.42. The lowest BCUT2D eigenvalue weighted by atomic mass is 9.95. The van der Waals surface area contributed by atoms with Crippen LogP contribution in [0.1, 0.15) is 42.3 Å². The molecular formula is C25H24N2O5. The Morgan fingerprint density at radius 1 is 1.06 bits per heavy atom. The van der Waals surface area contributed by atoms with Crippen LogP contribution in [-0.2, 0) is 9.59 Å². The first-order valence-corrected chi connectivity index (χ1v) is 10.3. The molecule has 0 aliphatic carbocycles. The van der Waals surface area contributed by atoms with E-state index < -0.39 is 17.7 Å². The molecule has 164 valence electrons. The lowest BCUT2D eigenvalue weighted by molar-refractivity contribution is -0.132. The van der Waals surface area contributed by atoms with Gasteiger partial charge in [0.2, 0.25) is 0 Å². The predicted molar refractivity (Wildman–Crippen MR) is 119 cm³/mol. The fourth-order valence-electron chi connectivity index (χ4n) is 3.72. The minimum absolute atomic E-state index is 0.00275. The van der Waals surface area contributed by atoms with Gasteiger partial charge in [-0.15, -0.1) is 0 Å². The van der Waals surface area contributed by atoms with Crippen LogP contribution in [0.3, 0.4) is 0 Å². The van der Waals surface area contributed by atoms with Crippen molar-refractivity contribution in [2.24, 2.45) is 0 Å². The van der Waals surface area contributed by atoms with Gasteiger partial charge in [0.25, 0.3) is 5.78 Å². The summed E-state index contributed by atoms with van der Waals surface area (Å²) in [4.78, 5) is 27.4. The molecule has 0 radical (unpaired) electrons. The van der Waals surface area contributed by atoms with Crippen LogP contribution in [0.4, 0.5) is 5.82 Å². The van der Waals surface area contributed by atoms with Crippen molar-refractivity contribution in [1.29, 1.82) is 0 Å². The Bertz CT molecular complexity index is 1190. The minimum Gasteiger partial charge on any atom is -0.507 e. The van der Waals surface area contributed by atoms with E-state index in [1.54, 1.807) is 49.4 Å². The van der Waals surface area contributed by atoms with Gasteiger partial charge in [-0.2, -0.15) is 0 Å². The van der Waals surface area contributed by atoms with Crippen molar-refractivity contribution in [2.45, 2.75) is 39.8 Å². The SMILES string of the molecule is Cc1ccc(C(O)=C2C(=O)C(=O)N(c3cc(C)on3)[C@H]2c2ccc(OC(C)C)cc2)cc1. The minimum atomic E-state index is -0.867. The zero-order chi connectivity index (χ0) is 23.0. The third-order valence-corrected chi connectivity index (χ3v) is 5.20. The molecule has 4 rings (SSSR count). The average molecular weight is 432 g/mol. The van der Waals surface area contributed by atoms with E-state index in [4.69, 9.17) is 9.26 Å². The lowest BCUT2D eigenvalue weighted by Crippen LogP contribution is -2.29. The van der Waals surface area contributed by atoms with Gasteiger partial charge in [0.1, 0.15) is 17.3 Å². The van der Waals surface area contributed by atoms with Crippen LogP contribution in [0.5, 0.6) is 5.75 Å².